The Bertz CT molecular complexity index is 734. The summed E-state index contributed by atoms with van der Waals surface area (Å²) >= 11 is 0. The molecule has 2 aromatic carbocycles. The van der Waals surface area contributed by atoms with Crippen molar-refractivity contribution < 1.29 is 14.6 Å². The molecule has 1 amide bonds. The molecule has 132 valence electrons. The largest absolute Gasteiger partial charge is 0.445 e. The molecular weight excluding hydrogens is 314 g/mol. The van der Waals surface area contributed by atoms with Crippen LogP contribution in [0.15, 0.2) is 48.5 Å². The van der Waals surface area contributed by atoms with Gasteiger partial charge < -0.3 is 14.7 Å². The molecule has 0 spiro atoms. The van der Waals surface area contributed by atoms with Crippen LogP contribution in [-0.2, 0) is 16.9 Å². The smallest absolute Gasteiger partial charge is 0.410 e. The summed E-state index contributed by atoms with van der Waals surface area (Å²) in [6, 6.07) is 15.7. The predicted molar refractivity (Wildman–Crippen MR) is 97.2 cm³/mol. The highest BCUT2D eigenvalue weighted by Gasteiger charge is 2.37. The van der Waals surface area contributed by atoms with Gasteiger partial charge >= 0.3 is 6.09 Å². The van der Waals surface area contributed by atoms with Crippen molar-refractivity contribution in [3.8, 4) is 0 Å². The van der Waals surface area contributed by atoms with Crippen molar-refractivity contribution in [2.24, 2.45) is 0 Å². The molecular formula is C21H25NO3. The number of hydrogen-bond donors (Lipinski definition) is 1. The number of hydrogen-bond acceptors (Lipinski definition) is 3. The van der Waals surface area contributed by atoms with Gasteiger partial charge in [-0.15, -0.1) is 0 Å². The second-order valence-corrected chi connectivity index (χ2v) is 6.81. The molecule has 2 aromatic rings. The average Bonchev–Trinajstić information content (AvgIpc) is 2.63. The molecule has 0 aromatic heterocycles. The Labute approximate surface area is 149 Å². The van der Waals surface area contributed by atoms with E-state index in [1.54, 1.807) is 4.90 Å². The van der Waals surface area contributed by atoms with Gasteiger partial charge in [-0.2, -0.15) is 0 Å². The van der Waals surface area contributed by atoms with E-state index < -0.39 is 5.60 Å². The maximum absolute atomic E-state index is 12.3. The molecule has 0 bridgehead atoms. The first-order chi connectivity index (χ1) is 12.0. The quantitative estimate of drug-likeness (QED) is 0.922. The molecule has 3 rings (SSSR count). The van der Waals surface area contributed by atoms with E-state index in [-0.39, 0.29) is 12.7 Å². The lowest BCUT2D eigenvalue weighted by Gasteiger charge is -2.39. The van der Waals surface area contributed by atoms with Gasteiger partial charge in [-0.3, -0.25) is 0 Å². The number of piperidine rings is 1. The summed E-state index contributed by atoms with van der Waals surface area (Å²) in [5.74, 6) is 0. The zero-order valence-corrected chi connectivity index (χ0v) is 14.9. The monoisotopic (exact) mass is 339 g/mol. The molecule has 4 heteroatoms. The Morgan fingerprint density at radius 1 is 1.08 bits per heavy atom. The first-order valence-corrected chi connectivity index (χ1v) is 8.74. The van der Waals surface area contributed by atoms with Crippen LogP contribution in [0.4, 0.5) is 4.79 Å². The highest BCUT2D eigenvalue weighted by atomic mass is 16.6. The molecule has 0 atom stereocenters. The van der Waals surface area contributed by atoms with E-state index in [1.807, 2.05) is 49.4 Å². The number of likely N-dealkylation sites (tertiary alicyclic amines) is 1. The lowest BCUT2D eigenvalue weighted by molar-refractivity contribution is -0.0259. The van der Waals surface area contributed by atoms with Crippen molar-refractivity contribution in [2.45, 2.75) is 38.9 Å². The van der Waals surface area contributed by atoms with Crippen LogP contribution in [0.3, 0.4) is 0 Å². The average molecular weight is 339 g/mol. The number of aryl methyl sites for hydroxylation is 1. The topological polar surface area (TPSA) is 49.8 Å². The molecule has 1 heterocycles. The third-order valence-electron chi connectivity index (χ3n) is 5.16. The second kappa shape index (κ2) is 7.28. The van der Waals surface area contributed by atoms with Crippen LogP contribution in [0.2, 0.25) is 0 Å². The fraction of sp³-hybridized carbons (Fsp3) is 0.381. The Kier molecular flexibility index (Phi) is 5.09. The zero-order valence-electron chi connectivity index (χ0n) is 14.9. The van der Waals surface area contributed by atoms with Crippen LogP contribution >= 0.6 is 0 Å². The van der Waals surface area contributed by atoms with Gasteiger partial charge in [-0.25, -0.2) is 4.79 Å². The van der Waals surface area contributed by atoms with Gasteiger partial charge in [0.1, 0.15) is 6.61 Å². The highest BCUT2D eigenvalue weighted by molar-refractivity contribution is 5.67. The number of ether oxygens (including phenoxy) is 1. The lowest BCUT2D eigenvalue weighted by Crippen LogP contribution is -2.45. The summed E-state index contributed by atoms with van der Waals surface area (Å²) < 4.78 is 5.39. The number of nitrogens with zero attached hydrogens (tertiary/aromatic N) is 1. The summed E-state index contributed by atoms with van der Waals surface area (Å²) in [5, 5.41) is 11.1. The third-order valence-corrected chi connectivity index (χ3v) is 5.16. The molecule has 0 aliphatic carbocycles. The summed E-state index contributed by atoms with van der Waals surface area (Å²) in [6.07, 6.45) is 0.738. The van der Waals surface area contributed by atoms with Crippen LogP contribution < -0.4 is 0 Å². The van der Waals surface area contributed by atoms with E-state index >= 15 is 0 Å². The Balaban J connectivity index is 1.59. The summed E-state index contributed by atoms with van der Waals surface area (Å²) in [4.78, 5) is 13.9. The highest BCUT2D eigenvalue weighted by Crippen LogP contribution is 2.35. The fourth-order valence-electron chi connectivity index (χ4n) is 3.39. The first kappa shape index (κ1) is 17.5. The van der Waals surface area contributed by atoms with Crippen molar-refractivity contribution in [1.82, 2.24) is 4.90 Å². The Morgan fingerprint density at radius 2 is 1.76 bits per heavy atom. The summed E-state index contributed by atoms with van der Waals surface area (Å²) in [7, 11) is 0. The molecule has 4 nitrogen and oxygen atoms in total. The van der Waals surface area contributed by atoms with Crippen LogP contribution in [0.1, 0.15) is 35.1 Å². The first-order valence-electron chi connectivity index (χ1n) is 8.74. The Hall–Kier alpha value is -2.33. The molecule has 1 aliphatic heterocycles. The summed E-state index contributed by atoms with van der Waals surface area (Å²) in [5.41, 5.74) is 3.39. The SMILES string of the molecule is Cc1cccc(C2(O)CCN(C(=O)OCc3ccccc3)CC2)c1C. The lowest BCUT2D eigenvalue weighted by atomic mass is 9.81. The molecule has 1 fully saturated rings. The number of amides is 1. The Morgan fingerprint density at radius 3 is 2.44 bits per heavy atom. The van der Waals surface area contributed by atoms with Gasteiger partial charge in [0.2, 0.25) is 0 Å². The van der Waals surface area contributed by atoms with Crippen LogP contribution in [0.5, 0.6) is 0 Å². The molecule has 0 unspecified atom stereocenters. The minimum absolute atomic E-state index is 0.275. The van der Waals surface area contributed by atoms with Gasteiger partial charge in [0.15, 0.2) is 0 Å². The van der Waals surface area contributed by atoms with E-state index in [1.165, 1.54) is 5.56 Å². The maximum atomic E-state index is 12.3. The van der Waals surface area contributed by atoms with Crippen LogP contribution in [0, 0.1) is 13.8 Å². The van der Waals surface area contributed by atoms with E-state index in [0.717, 1.165) is 16.7 Å². The molecule has 1 N–H and O–H groups in total. The molecule has 1 aliphatic rings. The second-order valence-electron chi connectivity index (χ2n) is 6.81. The van der Waals surface area contributed by atoms with Gasteiger partial charge in [0.25, 0.3) is 0 Å². The number of aliphatic hydroxyl groups is 1. The summed E-state index contributed by atoms with van der Waals surface area (Å²) in [6.45, 7) is 5.37. The van der Waals surface area contributed by atoms with Crippen molar-refractivity contribution in [1.29, 1.82) is 0 Å². The fourth-order valence-corrected chi connectivity index (χ4v) is 3.39. The van der Waals surface area contributed by atoms with Gasteiger partial charge in [-0.1, -0.05) is 48.5 Å². The molecule has 0 radical (unpaired) electrons. The normalized spacial score (nSPS) is 16.5. The van der Waals surface area contributed by atoms with E-state index in [2.05, 4.69) is 13.0 Å². The number of benzene rings is 2. The predicted octanol–water partition coefficient (Wildman–Crippen LogP) is 3.92. The minimum Gasteiger partial charge on any atom is -0.445 e. The van der Waals surface area contributed by atoms with Crippen molar-refractivity contribution in [3.63, 3.8) is 0 Å². The van der Waals surface area contributed by atoms with Crippen molar-refractivity contribution >= 4 is 6.09 Å². The molecule has 25 heavy (non-hydrogen) atoms. The molecule has 1 saturated heterocycles. The third kappa shape index (κ3) is 3.85. The zero-order chi connectivity index (χ0) is 17.9. The van der Waals surface area contributed by atoms with E-state index in [0.29, 0.717) is 25.9 Å². The van der Waals surface area contributed by atoms with E-state index in [9.17, 15) is 9.90 Å². The number of carbonyl (C=O) groups excluding carboxylic acids is 1. The van der Waals surface area contributed by atoms with Crippen LogP contribution in [-0.4, -0.2) is 29.2 Å². The number of carbonyl (C=O) groups is 1. The van der Waals surface area contributed by atoms with Crippen LogP contribution in [0.25, 0.3) is 0 Å². The van der Waals surface area contributed by atoms with Gasteiger partial charge in [-0.05, 0) is 48.9 Å². The van der Waals surface area contributed by atoms with E-state index in [4.69, 9.17) is 4.74 Å². The minimum atomic E-state index is -0.869. The standard InChI is InChI=1S/C21H25NO3/c1-16-7-6-10-19(17(16)2)21(24)11-13-22(14-12-21)20(23)25-15-18-8-4-3-5-9-18/h3-10,24H,11-15H2,1-2H3. The van der Waals surface area contributed by atoms with Gasteiger partial charge in [0.05, 0.1) is 5.60 Å². The van der Waals surface area contributed by atoms with Crippen molar-refractivity contribution in [2.75, 3.05) is 13.1 Å². The van der Waals surface area contributed by atoms with Crippen molar-refractivity contribution in [3.05, 3.63) is 70.8 Å². The molecule has 0 saturated carbocycles. The van der Waals surface area contributed by atoms with Gasteiger partial charge in [0, 0.05) is 13.1 Å². The number of rotatable bonds is 3. The maximum Gasteiger partial charge on any atom is 0.410 e.